The Morgan fingerprint density at radius 1 is 0.386 bits per heavy atom. The molecule has 4 aliphatic carbocycles. The third-order valence-corrected chi connectivity index (χ3v) is 29.0. The number of ether oxygens (including phenoxy) is 4. The van der Waals surface area contributed by atoms with E-state index in [9.17, 15) is 45.5 Å². The summed E-state index contributed by atoms with van der Waals surface area (Å²) in [5.41, 5.74) is 10.5. The van der Waals surface area contributed by atoms with Crippen LogP contribution in [0.4, 0.5) is 45.5 Å². The first-order valence-corrected chi connectivity index (χ1v) is 50.2. The van der Waals surface area contributed by atoms with Crippen molar-refractivity contribution in [3.63, 3.8) is 0 Å². The number of carbonyl (C=O) groups excluding carboxylic acids is 4. The molecule has 6 heterocycles. The largest absolute Gasteiger partial charge is 0.494 e. The molecule has 6 aromatic carbocycles. The number of hydrogen-bond acceptors (Lipinski definition) is 11. The standard InChI is InChI=1S/C39H48F2N2O4.C30H33F2N.C26H39BFNO4.C19H21BrFNO2.3Y/c1-25(8-19-34-21-32(40)23-42(34)36(44)46-38(2,3)4)26-9-11-27(12-10-26)28-13-15-29(16-14-28)30-17-18-31(20-30)35-22-33(41)24-43(35)37(45)47-39(5,6)7;1-20(2-3-21-4-15-28(31)16-21)22-5-7-23(8-6-22)24-9-11-25(12-10-24)26-13-14-27(17-26)30-18-29(32)19-33-30;1-24(2,3)31-23(30)29-16-21(28)15-22(29)19-9-8-18(14-19)17-10-12-20(13-11-17)27-32-25(4,5)26(6,7)33-27;1-13(14-6-8-15(20)9-7-14)5-10-17-11-16(21)12-22(17)18(23)24-19(2,3)4;;;/h1,8-16,30-35H,17-18,20-24H2,2-7H3;1-2,5-12,21,26-30,33H,4,13-19H2;10-13,18-19,21-22H,8-9,14-16H2,1-7H3;1,5-9,16-17H,11-12H2,2-4H3;;;/q2*-2;;-2;;;/t30?,31?,32-,33-,34+,35-;21-,26?,27?,28+,29-,30-;18?,19?,21-,22-;16-,17+;;;/m0000.../s1. The third-order valence-electron chi connectivity index (χ3n) is 28.5. The summed E-state index contributed by atoms with van der Waals surface area (Å²) < 4.78 is 119. The van der Waals surface area contributed by atoms with Gasteiger partial charge in [0.15, 0.2) is 0 Å². The zero-order chi connectivity index (χ0) is 99.0. The molecule has 3 radical (unpaired) electrons. The van der Waals surface area contributed by atoms with Crippen LogP contribution in [0.3, 0.4) is 0 Å². The molecule has 140 heavy (non-hydrogen) atoms. The minimum atomic E-state index is -1.14. The molecule has 10 fully saturated rings. The summed E-state index contributed by atoms with van der Waals surface area (Å²) in [7, 11) is -0.359. The SMILES string of the molecule is CC(C)(C)OC(=O)N1C[C@@H](F)C[C@H]1C1CCC(c2ccc(B3OC(C)(C)C(C)(C)O3)cc2)C1.[CH-]=C(C=[C-][C@@H]1C[C@H](F)CN1C(=O)OC(C)(C)C)c1ccc(-c2ccc(C3CCC([C@@H]4C[C@H](F)CN4C(=O)OC(C)(C)C)C3)cc2)cc1.[CH-]=C(C=[C-][C@@H]1C[C@H](F)CN1C(=O)OC(C)(C)C)c1ccc(Br)cc1.[CH-]=C(C=[C-][C@H]1CC[C@@H](F)C1)c1ccc(-c2ccc(C3CCC([C@@H]4C[C@H](F)CN4)C3)cc2)cc1.[Y].[Y].[Y]. The van der Waals surface area contributed by atoms with Gasteiger partial charge in [0.25, 0.3) is 0 Å². The van der Waals surface area contributed by atoms with Gasteiger partial charge in [0.05, 0.1) is 43.6 Å². The van der Waals surface area contributed by atoms with E-state index in [1.165, 1.54) is 44.9 Å². The van der Waals surface area contributed by atoms with Crippen LogP contribution in [0.2, 0.25) is 0 Å². The smallest absolute Gasteiger partial charge is 0.444 e. The van der Waals surface area contributed by atoms with Crippen molar-refractivity contribution in [3.05, 3.63) is 240 Å². The van der Waals surface area contributed by atoms with E-state index in [0.717, 1.165) is 94.7 Å². The molecule has 749 valence electrons. The normalized spacial score (nSPS) is 27.5. The average Bonchev–Trinajstić information content (AvgIpc) is 1.61. The average molecular weight is 2210 g/mol. The molecule has 0 aromatic heterocycles. The summed E-state index contributed by atoms with van der Waals surface area (Å²) in [5, 5.41) is 3.38. The van der Waals surface area contributed by atoms with E-state index in [0.29, 0.717) is 91.0 Å². The van der Waals surface area contributed by atoms with E-state index in [-0.39, 0.29) is 185 Å². The first kappa shape index (κ1) is 116. The number of alkyl halides is 6. The fourth-order valence-corrected chi connectivity index (χ4v) is 20.9. The molecule has 26 heteroatoms. The number of nitrogens with zero attached hydrogens (tertiary/aromatic N) is 4. The van der Waals surface area contributed by atoms with Gasteiger partial charge in [0.1, 0.15) is 53.3 Å². The van der Waals surface area contributed by atoms with Gasteiger partial charge in [-0.2, -0.15) is 0 Å². The van der Waals surface area contributed by atoms with Crippen molar-refractivity contribution in [3.8, 4) is 22.3 Å². The van der Waals surface area contributed by atoms with Crippen molar-refractivity contribution >= 4 is 69.6 Å². The Kier molecular flexibility index (Phi) is 41.7. The molecule has 1 N–H and O–H groups in total. The Morgan fingerprint density at radius 2 is 0.700 bits per heavy atom. The van der Waals surface area contributed by atoms with E-state index in [1.54, 1.807) is 63.5 Å². The van der Waals surface area contributed by atoms with Crippen molar-refractivity contribution in [1.29, 1.82) is 0 Å². The molecule has 6 saturated heterocycles. The van der Waals surface area contributed by atoms with E-state index in [1.807, 2.05) is 108 Å². The zero-order valence-electron chi connectivity index (χ0n) is 84.6. The topological polar surface area (TPSA) is 149 Å². The van der Waals surface area contributed by atoms with Crippen LogP contribution in [0, 0.1) is 61.6 Å². The van der Waals surface area contributed by atoms with Gasteiger partial charge in [0.2, 0.25) is 0 Å². The van der Waals surface area contributed by atoms with Crippen molar-refractivity contribution in [2.24, 2.45) is 23.7 Å². The third kappa shape index (κ3) is 32.3. The summed E-state index contributed by atoms with van der Waals surface area (Å²) >= 11 is 3.37. The van der Waals surface area contributed by atoms with Crippen LogP contribution >= 0.6 is 15.9 Å². The molecular formula is C114H141BBrF6N5O10Y3-6. The number of allylic oxidation sites excluding steroid dienone is 7. The minimum absolute atomic E-state index is 0. The molecule has 16 rings (SSSR count). The van der Waals surface area contributed by atoms with Crippen molar-refractivity contribution in [1.82, 2.24) is 24.9 Å². The van der Waals surface area contributed by atoms with Gasteiger partial charge in [0, 0.05) is 140 Å². The summed E-state index contributed by atoms with van der Waals surface area (Å²) in [6.07, 6.45) is 20.3. The molecule has 15 nitrogen and oxygen atoms in total. The summed E-state index contributed by atoms with van der Waals surface area (Å²) in [6, 6.07) is 48.9. The number of amides is 4. The van der Waals surface area contributed by atoms with Crippen LogP contribution in [0.1, 0.15) is 271 Å². The van der Waals surface area contributed by atoms with Gasteiger partial charge >= 0.3 is 31.5 Å². The predicted molar refractivity (Wildman–Crippen MR) is 535 cm³/mol. The van der Waals surface area contributed by atoms with Crippen LogP contribution in [-0.4, -0.2) is 185 Å². The second-order valence-corrected chi connectivity index (χ2v) is 45.2. The van der Waals surface area contributed by atoms with Crippen LogP contribution in [0.25, 0.3) is 39.0 Å². The summed E-state index contributed by atoms with van der Waals surface area (Å²) in [6.45, 7) is 49.3. The molecule has 6 unspecified atom stereocenters. The predicted octanol–water partition coefficient (Wildman–Crippen LogP) is 26.5. The van der Waals surface area contributed by atoms with Crippen LogP contribution in [0.15, 0.2) is 168 Å². The first-order valence-electron chi connectivity index (χ1n) is 49.4. The number of benzene rings is 6. The number of carbonyl (C=O) groups is 4. The van der Waals surface area contributed by atoms with Crippen LogP contribution in [-0.2, 0) is 126 Å². The van der Waals surface area contributed by atoms with Gasteiger partial charge in [-0.3, -0.25) is 0 Å². The zero-order valence-corrected chi connectivity index (χ0v) is 94.7. The van der Waals surface area contributed by atoms with E-state index >= 15 is 0 Å². The molecule has 10 aliphatic rings. The Hall–Kier alpha value is -5.84. The fraction of sp³-hybridized carbons (Fsp3) is 0.544. The number of hydrogen-bond donors (Lipinski definition) is 1. The molecule has 6 aromatic rings. The number of halogens is 7. The Labute approximate surface area is 914 Å². The molecule has 4 amide bonds. The summed E-state index contributed by atoms with van der Waals surface area (Å²) in [5.74, 6) is 2.70. The Bertz CT molecular complexity index is 5210. The fourth-order valence-electron chi connectivity index (χ4n) is 20.7. The van der Waals surface area contributed by atoms with Gasteiger partial charge in [-0.05, 0) is 293 Å². The van der Waals surface area contributed by atoms with Crippen LogP contribution in [0.5, 0.6) is 0 Å². The second kappa shape index (κ2) is 50.2. The second-order valence-electron chi connectivity index (χ2n) is 44.3. The number of likely N-dealkylation sites (tertiary alicyclic amines) is 4. The minimum Gasteiger partial charge on any atom is -0.444 e. The Morgan fingerprint density at radius 3 is 1.04 bits per heavy atom. The quantitative estimate of drug-likeness (QED) is 0.0288. The molecule has 4 saturated carbocycles. The maximum absolute atomic E-state index is 14.5. The van der Waals surface area contributed by atoms with Crippen LogP contribution < -0.4 is 10.8 Å². The van der Waals surface area contributed by atoms with Gasteiger partial charge < -0.3 is 126 Å². The molecule has 18 atom stereocenters. The maximum Gasteiger partial charge on any atom is 0.494 e. The van der Waals surface area contributed by atoms with Gasteiger partial charge in [-0.25, -0.2) is 62.2 Å². The molecule has 0 spiro atoms. The first-order chi connectivity index (χ1) is 64.5. The number of nitrogens with one attached hydrogen (secondary N) is 1. The monoisotopic (exact) mass is 2210 g/mol. The van der Waals surface area contributed by atoms with E-state index in [4.69, 9.17) is 48.0 Å². The molecule has 6 aliphatic heterocycles. The van der Waals surface area contributed by atoms with Crippen molar-refractivity contribution < 1.29 is 172 Å². The summed E-state index contributed by atoms with van der Waals surface area (Å²) in [4.78, 5) is 56.3. The maximum atomic E-state index is 14.5. The van der Waals surface area contributed by atoms with Crippen molar-refractivity contribution in [2.45, 2.75) is 339 Å². The Balaban J connectivity index is 0.000000196. The van der Waals surface area contributed by atoms with E-state index < -0.39 is 89.8 Å². The molecular weight excluding hydrogens is 2070 g/mol. The van der Waals surface area contributed by atoms with Gasteiger partial charge in [-0.15, -0.1) is 42.3 Å². The van der Waals surface area contributed by atoms with E-state index in [2.05, 4.69) is 152 Å². The van der Waals surface area contributed by atoms with Crippen molar-refractivity contribution in [2.75, 3.05) is 32.7 Å². The molecule has 0 bridgehead atoms. The van der Waals surface area contributed by atoms with Gasteiger partial charge in [-0.1, -0.05) is 132 Å². The number of rotatable bonds is 18.